The number of rotatable bonds is 4. The lowest BCUT2D eigenvalue weighted by molar-refractivity contribution is -0.147. The molecule has 1 aliphatic heterocycles. The van der Waals surface area contributed by atoms with Gasteiger partial charge in [0.1, 0.15) is 0 Å². The number of fused-ring (bicyclic) bond motifs is 1. The van der Waals surface area contributed by atoms with Gasteiger partial charge in [-0.05, 0) is 49.3 Å². The molecule has 1 aromatic heterocycles. The molecule has 1 aliphatic carbocycles. The van der Waals surface area contributed by atoms with Crippen LogP contribution in [0.15, 0.2) is 60.7 Å². The number of hydrogen-bond donors (Lipinski definition) is 0. The number of carbonyl (C=O) groups excluding carboxylic acids is 1. The number of amides is 1. The summed E-state index contributed by atoms with van der Waals surface area (Å²) < 4.78 is 8.21. The van der Waals surface area contributed by atoms with Gasteiger partial charge >= 0.3 is 0 Å². The molecule has 5 rings (SSSR count). The van der Waals surface area contributed by atoms with Gasteiger partial charge in [0.25, 0.3) is 0 Å². The number of morpholine rings is 1. The average Bonchev–Trinajstić information content (AvgIpc) is 3.24. The van der Waals surface area contributed by atoms with E-state index in [1.807, 2.05) is 0 Å². The van der Waals surface area contributed by atoms with Gasteiger partial charge in [-0.15, -0.1) is 0 Å². The molecule has 2 aromatic carbocycles. The maximum Gasteiger partial charge on any atom is 0.226 e. The van der Waals surface area contributed by atoms with E-state index < -0.39 is 0 Å². The Bertz CT molecular complexity index is 1060. The zero-order chi connectivity index (χ0) is 22.1. The van der Waals surface area contributed by atoms with Gasteiger partial charge < -0.3 is 14.2 Å². The monoisotopic (exact) mass is 430 g/mol. The van der Waals surface area contributed by atoms with E-state index in [9.17, 15) is 4.79 Å². The third-order valence-corrected chi connectivity index (χ3v) is 7.45. The lowest BCUT2D eigenvalue weighted by Crippen LogP contribution is -2.53. The van der Waals surface area contributed by atoms with Crippen molar-refractivity contribution in [1.29, 1.82) is 0 Å². The van der Waals surface area contributed by atoms with E-state index in [0.29, 0.717) is 31.1 Å². The number of ether oxygens (including phenoxy) is 1. The van der Waals surface area contributed by atoms with Gasteiger partial charge in [0.15, 0.2) is 0 Å². The van der Waals surface area contributed by atoms with E-state index in [1.54, 1.807) is 0 Å². The topological polar surface area (TPSA) is 34.5 Å². The predicted molar refractivity (Wildman–Crippen MR) is 130 cm³/mol. The highest BCUT2D eigenvalue weighted by Crippen LogP contribution is 2.40. The molecule has 2 aliphatic rings. The second-order valence-corrected chi connectivity index (χ2v) is 9.75. The van der Waals surface area contributed by atoms with Gasteiger partial charge in [0, 0.05) is 35.1 Å². The number of benzene rings is 2. The molecule has 0 spiro atoms. The van der Waals surface area contributed by atoms with Crippen molar-refractivity contribution in [3.63, 3.8) is 0 Å². The largest absolute Gasteiger partial charge is 0.377 e. The normalized spacial score (nSPS) is 24.2. The lowest BCUT2D eigenvalue weighted by atomic mass is 9.84. The highest BCUT2D eigenvalue weighted by atomic mass is 16.5. The minimum atomic E-state index is 0.146. The van der Waals surface area contributed by atoms with Crippen LogP contribution in [-0.4, -0.2) is 41.2 Å². The summed E-state index contributed by atoms with van der Waals surface area (Å²) in [6.07, 6.45) is 4.02. The van der Waals surface area contributed by atoms with Crippen molar-refractivity contribution in [2.45, 2.75) is 51.6 Å². The van der Waals surface area contributed by atoms with Gasteiger partial charge in [-0.2, -0.15) is 0 Å². The van der Waals surface area contributed by atoms with Gasteiger partial charge in [0.2, 0.25) is 5.91 Å². The standard InChI is InChI=1S/C28H34N2O2/c1-20(2)27-19-32-17-16-29(27)28(31)22-12-14-24(15-13-22)30-25-11-7-6-10-23(25)18-26(30)21-8-4-3-5-9-21/h3-11,18,20,22,24,27H,12-17,19H2,1-2H3. The van der Waals surface area contributed by atoms with E-state index in [1.165, 1.54) is 22.2 Å². The van der Waals surface area contributed by atoms with E-state index in [2.05, 4.69) is 84.0 Å². The van der Waals surface area contributed by atoms with Crippen LogP contribution in [0, 0.1) is 11.8 Å². The molecule has 0 N–H and O–H groups in total. The smallest absolute Gasteiger partial charge is 0.226 e. The Kier molecular flexibility index (Phi) is 6.05. The summed E-state index contributed by atoms with van der Waals surface area (Å²) in [5.74, 6) is 0.925. The van der Waals surface area contributed by atoms with Crippen LogP contribution in [0.25, 0.3) is 22.2 Å². The average molecular weight is 431 g/mol. The fourth-order valence-electron chi connectivity index (χ4n) is 5.66. The maximum atomic E-state index is 13.4. The molecule has 3 aromatic rings. The van der Waals surface area contributed by atoms with Crippen LogP contribution in [0.2, 0.25) is 0 Å². The van der Waals surface area contributed by atoms with E-state index in [4.69, 9.17) is 4.74 Å². The molecule has 4 heteroatoms. The van der Waals surface area contributed by atoms with Crippen LogP contribution in [0.5, 0.6) is 0 Å². The first-order chi connectivity index (χ1) is 15.6. The van der Waals surface area contributed by atoms with E-state index in [-0.39, 0.29) is 12.0 Å². The molecular weight excluding hydrogens is 396 g/mol. The van der Waals surface area contributed by atoms with Crippen LogP contribution < -0.4 is 0 Å². The number of aromatic nitrogens is 1. The quantitative estimate of drug-likeness (QED) is 0.515. The Morgan fingerprint density at radius 1 is 0.969 bits per heavy atom. The fraction of sp³-hybridized carbons (Fsp3) is 0.464. The Morgan fingerprint density at radius 3 is 2.44 bits per heavy atom. The Balaban J connectivity index is 1.37. The van der Waals surface area contributed by atoms with Crippen LogP contribution in [-0.2, 0) is 9.53 Å². The molecule has 1 unspecified atom stereocenters. The van der Waals surface area contributed by atoms with Crippen molar-refractivity contribution in [3.05, 3.63) is 60.7 Å². The maximum absolute atomic E-state index is 13.4. The molecule has 4 nitrogen and oxygen atoms in total. The summed E-state index contributed by atoms with van der Waals surface area (Å²) in [7, 11) is 0. The molecule has 2 heterocycles. The van der Waals surface area contributed by atoms with E-state index >= 15 is 0 Å². The molecular formula is C28H34N2O2. The number of hydrogen-bond acceptors (Lipinski definition) is 2. The molecule has 0 radical (unpaired) electrons. The lowest BCUT2D eigenvalue weighted by Gasteiger charge is -2.41. The first-order valence-corrected chi connectivity index (χ1v) is 12.2. The van der Waals surface area contributed by atoms with Crippen LogP contribution in [0.4, 0.5) is 0 Å². The van der Waals surface area contributed by atoms with E-state index in [0.717, 1.165) is 32.2 Å². The van der Waals surface area contributed by atoms with Crippen molar-refractivity contribution < 1.29 is 9.53 Å². The highest BCUT2D eigenvalue weighted by molar-refractivity contribution is 5.87. The fourth-order valence-corrected chi connectivity index (χ4v) is 5.66. The molecule has 32 heavy (non-hydrogen) atoms. The molecule has 1 saturated carbocycles. The zero-order valence-electron chi connectivity index (χ0n) is 19.2. The minimum Gasteiger partial charge on any atom is -0.377 e. The van der Waals surface area contributed by atoms with Crippen molar-refractivity contribution >= 4 is 16.8 Å². The Hall–Kier alpha value is -2.59. The van der Waals surface area contributed by atoms with Crippen molar-refractivity contribution in [1.82, 2.24) is 9.47 Å². The third kappa shape index (κ3) is 3.97. The first kappa shape index (κ1) is 21.3. The van der Waals surface area contributed by atoms with Crippen molar-refractivity contribution in [3.8, 4) is 11.3 Å². The van der Waals surface area contributed by atoms with Gasteiger partial charge in [0.05, 0.1) is 19.3 Å². The predicted octanol–water partition coefficient (Wildman–Crippen LogP) is 5.92. The summed E-state index contributed by atoms with van der Waals surface area (Å²) in [5, 5.41) is 1.29. The summed E-state index contributed by atoms with van der Waals surface area (Å²) in [4.78, 5) is 15.6. The zero-order valence-corrected chi connectivity index (χ0v) is 19.2. The second kappa shape index (κ2) is 9.11. The molecule has 168 valence electrons. The Labute approximate surface area is 191 Å². The summed E-state index contributed by atoms with van der Waals surface area (Å²) in [5.41, 5.74) is 3.85. The van der Waals surface area contributed by atoms with Crippen molar-refractivity contribution in [2.24, 2.45) is 11.8 Å². The SMILES string of the molecule is CC(C)C1COCCN1C(=O)C1CCC(n2c(-c3ccccc3)cc3ccccc32)CC1. The molecule has 1 atom stereocenters. The summed E-state index contributed by atoms with van der Waals surface area (Å²) in [6, 6.07) is 22.4. The van der Waals surface area contributed by atoms with Crippen LogP contribution in [0.3, 0.4) is 0 Å². The number of para-hydroxylation sites is 1. The summed E-state index contributed by atoms with van der Waals surface area (Å²) >= 11 is 0. The Morgan fingerprint density at radius 2 is 1.69 bits per heavy atom. The molecule has 1 amide bonds. The molecule has 2 fully saturated rings. The van der Waals surface area contributed by atoms with Crippen LogP contribution in [0.1, 0.15) is 45.6 Å². The van der Waals surface area contributed by atoms with Crippen molar-refractivity contribution in [2.75, 3.05) is 19.8 Å². The third-order valence-electron chi connectivity index (χ3n) is 7.45. The van der Waals surface area contributed by atoms with Crippen LogP contribution >= 0.6 is 0 Å². The van der Waals surface area contributed by atoms with Gasteiger partial charge in [-0.3, -0.25) is 4.79 Å². The number of nitrogens with zero attached hydrogens (tertiary/aromatic N) is 2. The second-order valence-electron chi connectivity index (χ2n) is 9.75. The number of carbonyl (C=O) groups is 1. The van der Waals surface area contributed by atoms with Gasteiger partial charge in [-0.1, -0.05) is 62.4 Å². The molecule has 0 bridgehead atoms. The first-order valence-electron chi connectivity index (χ1n) is 12.2. The summed E-state index contributed by atoms with van der Waals surface area (Å²) in [6.45, 7) is 6.47. The van der Waals surface area contributed by atoms with Gasteiger partial charge in [-0.25, -0.2) is 0 Å². The molecule has 1 saturated heterocycles. The highest BCUT2D eigenvalue weighted by Gasteiger charge is 2.36. The minimum absolute atomic E-state index is 0.146.